The number of benzene rings is 1. The third-order valence-electron chi connectivity index (χ3n) is 3.57. The van der Waals surface area contributed by atoms with Crippen LogP contribution in [-0.4, -0.2) is 26.3 Å². The molecule has 2 N–H and O–H groups in total. The molecule has 0 saturated heterocycles. The topological polar surface area (TPSA) is 74.2 Å². The SMILES string of the molecule is Oc1[nH]c2ncc(Br)cc2c1C=Nc1ccc2ncccc2c1. The van der Waals surface area contributed by atoms with Gasteiger partial charge in [0, 0.05) is 33.9 Å². The van der Waals surface area contributed by atoms with E-state index < -0.39 is 0 Å². The van der Waals surface area contributed by atoms with Gasteiger partial charge in [0.05, 0.1) is 16.8 Å². The van der Waals surface area contributed by atoms with Gasteiger partial charge in [0.15, 0.2) is 5.88 Å². The number of pyridine rings is 2. The fourth-order valence-corrected chi connectivity index (χ4v) is 2.80. The van der Waals surface area contributed by atoms with Crippen molar-refractivity contribution in [2.45, 2.75) is 0 Å². The molecule has 1 aromatic carbocycles. The quantitative estimate of drug-likeness (QED) is 0.518. The van der Waals surface area contributed by atoms with Crippen molar-refractivity contribution in [3.05, 3.63) is 58.8 Å². The van der Waals surface area contributed by atoms with Gasteiger partial charge in [-0.15, -0.1) is 0 Å². The van der Waals surface area contributed by atoms with Gasteiger partial charge in [-0.25, -0.2) is 4.98 Å². The molecule has 3 aromatic heterocycles. The van der Waals surface area contributed by atoms with Gasteiger partial charge >= 0.3 is 0 Å². The Hall–Kier alpha value is -2.73. The molecule has 112 valence electrons. The van der Waals surface area contributed by atoms with Crippen molar-refractivity contribution >= 4 is 49.8 Å². The van der Waals surface area contributed by atoms with Gasteiger partial charge in [-0.2, -0.15) is 0 Å². The number of halogens is 1. The lowest BCUT2D eigenvalue weighted by Crippen LogP contribution is -1.81. The summed E-state index contributed by atoms with van der Waals surface area (Å²) in [5.41, 5.74) is 2.95. The highest BCUT2D eigenvalue weighted by Crippen LogP contribution is 2.27. The van der Waals surface area contributed by atoms with E-state index in [-0.39, 0.29) is 5.88 Å². The monoisotopic (exact) mass is 366 g/mol. The van der Waals surface area contributed by atoms with Crippen LogP contribution in [0.2, 0.25) is 0 Å². The van der Waals surface area contributed by atoms with Crippen LogP contribution in [0.4, 0.5) is 5.69 Å². The zero-order valence-corrected chi connectivity index (χ0v) is 13.4. The summed E-state index contributed by atoms with van der Waals surface area (Å²) in [7, 11) is 0. The minimum atomic E-state index is 0.0526. The molecule has 3 heterocycles. The predicted molar refractivity (Wildman–Crippen MR) is 94.5 cm³/mol. The van der Waals surface area contributed by atoms with Crippen LogP contribution in [0.1, 0.15) is 5.56 Å². The lowest BCUT2D eigenvalue weighted by molar-refractivity contribution is 0.457. The first kappa shape index (κ1) is 13.9. The van der Waals surface area contributed by atoms with Crippen LogP contribution in [-0.2, 0) is 0 Å². The summed E-state index contributed by atoms with van der Waals surface area (Å²) in [6, 6.07) is 11.6. The largest absolute Gasteiger partial charge is 0.494 e. The Bertz CT molecular complexity index is 1060. The molecule has 0 atom stereocenters. The Morgan fingerprint density at radius 2 is 2.09 bits per heavy atom. The summed E-state index contributed by atoms with van der Waals surface area (Å²) < 4.78 is 0.843. The van der Waals surface area contributed by atoms with E-state index >= 15 is 0 Å². The molecule has 0 bridgehead atoms. The van der Waals surface area contributed by atoms with Crippen LogP contribution in [0.25, 0.3) is 21.9 Å². The molecule has 0 saturated carbocycles. The maximum atomic E-state index is 10.1. The third kappa shape index (κ3) is 2.57. The number of H-pyrrole nitrogens is 1. The zero-order chi connectivity index (χ0) is 15.8. The second-order valence-electron chi connectivity index (χ2n) is 5.08. The fourth-order valence-electron chi connectivity index (χ4n) is 2.46. The van der Waals surface area contributed by atoms with Crippen molar-refractivity contribution in [1.82, 2.24) is 15.0 Å². The van der Waals surface area contributed by atoms with Crippen LogP contribution >= 0.6 is 15.9 Å². The maximum Gasteiger partial charge on any atom is 0.199 e. The average Bonchev–Trinajstić information content (AvgIpc) is 2.87. The minimum Gasteiger partial charge on any atom is -0.494 e. The lowest BCUT2D eigenvalue weighted by Gasteiger charge is -1.98. The molecule has 0 fully saturated rings. The van der Waals surface area contributed by atoms with Crippen LogP contribution in [0.15, 0.2) is 58.3 Å². The minimum absolute atomic E-state index is 0.0526. The number of rotatable bonds is 2. The molecule has 4 aromatic rings. The van der Waals surface area contributed by atoms with E-state index in [1.54, 1.807) is 18.6 Å². The van der Waals surface area contributed by atoms with Gasteiger partial charge in [-0.05, 0) is 46.3 Å². The Labute approximate surface area is 139 Å². The number of aromatic amines is 1. The van der Waals surface area contributed by atoms with Crippen molar-refractivity contribution in [3.8, 4) is 5.88 Å². The molecule has 23 heavy (non-hydrogen) atoms. The Morgan fingerprint density at radius 1 is 1.17 bits per heavy atom. The van der Waals surface area contributed by atoms with Gasteiger partial charge in [0.1, 0.15) is 5.65 Å². The highest BCUT2D eigenvalue weighted by molar-refractivity contribution is 9.10. The van der Waals surface area contributed by atoms with Crippen molar-refractivity contribution in [3.63, 3.8) is 0 Å². The molecule has 6 heteroatoms. The van der Waals surface area contributed by atoms with E-state index in [1.807, 2.05) is 36.4 Å². The molecule has 0 aliphatic heterocycles. The number of aliphatic imine (C=N–C) groups is 1. The molecule has 0 amide bonds. The van der Waals surface area contributed by atoms with Gasteiger partial charge in [0.25, 0.3) is 0 Å². The van der Waals surface area contributed by atoms with Crippen LogP contribution in [0.3, 0.4) is 0 Å². The van der Waals surface area contributed by atoms with E-state index in [1.165, 1.54) is 0 Å². The zero-order valence-electron chi connectivity index (χ0n) is 11.9. The van der Waals surface area contributed by atoms with Crippen molar-refractivity contribution < 1.29 is 5.11 Å². The molecule has 0 unspecified atom stereocenters. The number of fused-ring (bicyclic) bond motifs is 2. The molecule has 4 rings (SSSR count). The number of nitrogens with one attached hydrogen (secondary N) is 1. The highest BCUT2D eigenvalue weighted by Gasteiger charge is 2.10. The molecule has 0 aliphatic carbocycles. The van der Waals surface area contributed by atoms with Crippen LogP contribution < -0.4 is 0 Å². The van der Waals surface area contributed by atoms with E-state index in [9.17, 15) is 5.11 Å². The first-order chi connectivity index (χ1) is 11.2. The smallest absolute Gasteiger partial charge is 0.199 e. The average molecular weight is 367 g/mol. The van der Waals surface area contributed by atoms with E-state index in [0.717, 1.165) is 26.4 Å². The van der Waals surface area contributed by atoms with E-state index in [2.05, 4.69) is 35.9 Å². The number of aromatic hydroxyl groups is 1. The summed E-state index contributed by atoms with van der Waals surface area (Å²) in [6.45, 7) is 0. The number of aromatic nitrogens is 3. The lowest BCUT2D eigenvalue weighted by atomic mass is 10.2. The standard InChI is InChI=1S/C17H11BrN4O/c18-11-7-13-14(17(23)22-16(13)21-8-11)9-20-12-3-4-15-10(6-12)2-1-5-19-15/h1-9,23H,(H,21,22). The summed E-state index contributed by atoms with van der Waals surface area (Å²) in [4.78, 5) is 15.8. The second-order valence-corrected chi connectivity index (χ2v) is 5.99. The summed E-state index contributed by atoms with van der Waals surface area (Å²) >= 11 is 3.39. The first-order valence-corrected chi connectivity index (χ1v) is 7.75. The molecular weight excluding hydrogens is 356 g/mol. The van der Waals surface area contributed by atoms with E-state index in [0.29, 0.717) is 11.2 Å². The normalized spacial score (nSPS) is 11.7. The van der Waals surface area contributed by atoms with Gasteiger partial charge in [-0.1, -0.05) is 6.07 Å². The summed E-state index contributed by atoms with van der Waals surface area (Å²) in [5, 5.41) is 11.9. The Balaban J connectivity index is 1.78. The Kier molecular flexibility index (Phi) is 3.31. The van der Waals surface area contributed by atoms with Gasteiger partial charge < -0.3 is 10.1 Å². The van der Waals surface area contributed by atoms with Gasteiger partial charge in [0.2, 0.25) is 0 Å². The molecule has 5 nitrogen and oxygen atoms in total. The van der Waals surface area contributed by atoms with Crippen LogP contribution in [0, 0.1) is 0 Å². The summed E-state index contributed by atoms with van der Waals surface area (Å²) in [6.07, 6.45) is 5.08. The fraction of sp³-hybridized carbons (Fsp3) is 0. The number of nitrogens with zero attached hydrogens (tertiary/aromatic N) is 3. The third-order valence-corrected chi connectivity index (χ3v) is 4.00. The number of hydrogen-bond donors (Lipinski definition) is 2. The van der Waals surface area contributed by atoms with Crippen molar-refractivity contribution in [1.29, 1.82) is 0 Å². The highest BCUT2D eigenvalue weighted by atomic mass is 79.9. The summed E-state index contributed by atoms with van der Waals surface area (Å²) in [5.74, 6) is 0.0526. The number of hydrogen-bond acceptors (Lipinski definition) is 4. The van der Waals surface area contributed by atoms with Gasteiger partial charge in [-0.3, -0.25) is 9.98 Å². The molecule has 0 spiro atoms. The molecule has 0 radical (unpaired) electrons. The van der Waals surface area contributed by atoms with Crippen molar-refractivity contribution in [2.24, 2.45) is 4.99 Å². The predicted octanol–water partition coefficient (Wildman–Crippen LogP) is 4.33. The van der Waals surface area contributed by atoms with Crippen LogP contribution in [0.5, 0.6) is 5.88 Å². The first-order valence-electron chi connectivity index (χ1n) is 6.96. The molecular formula is C17H11BrN4O. The van der Waals surface area contributed by atoms with E-state index in [4.69, 9.17) is 0 Å². The Morgan fingerprint density at radius 3 is 3.00 bits per heavy atom. The molecule has 0 aliphatic rings. The van der Waals surface area contributed by atoms with Crippen molar-refractivity contribution in [2.75, 3.05) is 0 Å². The second kappa shape index (κ2) is 5.48. The maximum absolute atomic E-state index is 10.1.